The Labute approximate surface area is 94.1 Å². The average Bonchev–Trinajstić information content (AvgIpc) is 2.30. The molecule has 1 heterocycles. The minimum Gasteiger partial charge on any atom is -0.469 e. The van der Waals surface area contributed by atoms with Gasteiger partial charge in [-0.05, 0) is 19.1 Å². The van der Waals surface area contributed by atoms with E-state index in [4.69, 9.17) is 4.84 Å². The highest BCUT2D eigenvalue weighted by Gasteiger charge is 2.09. The van der Waals surface area contributed by atoms with Crippen LogP contribution in [-0.4, -0.2) is 30.4 Å². The monoisotopic (exact) mass is 222 g/mol. The summed E-state index contributed by atoms with van der Waals surface area (Å²) in [7, 11) is 1.34. The molecule has 5 heteroatoms. The molecular weight excluding hydrogens is 208 g/mol. The summed E-state index contributed by atoms with van der Waals surface area (Å²) in [5, 5.41) is 3.73. The molecule has 0 saturated carbocycles. The summed E-state index contributed by atoms with van der Waals surface area (Å²) >= 11 is 0. The lowest BCUT2D eigenvalue weighted by atomic mass is 10.3. The molecule has 1 unspecified atom stereocenters. The quantitative estimate of drug-likeness (QED) is 0.429. The third-order valence-corrected chi connectivity index (χ3v) is 1.80. The molecule has 0 saturated heterocycles. The number of carbonyl (C=O) groups excluding carboxylic acids is 1. The second-order valence-corrected chi connectivity index (χ2v) is 3.19. The van der Waals surface area contributed by atoms with E-state index in [1.165, 1.54) is 13.3 Å². The molecule has 0 N–H and O–H groups in total. The van der Waals surface area contributed by atoms with E-state index in [0.29, 0.717) is 5.69 Å². The molecule has 16 heavy (non-hydrogen) atoms. The number of pyridine rings is 1. The van der Waals surface area contributed by atoms with Crippen LogP contribution in [0.2, 0.25) is 0 Å². The molecule has 0 bridgehead atoms. The van der Waals surface area contributed by atoms with Crippen LogP contribution >= 0.6 is 0 Å². The second kappa shape index (κ2) is 6.55. The molecule has 86 valence electrons. The summed E-state index contributed by atoms with van der Waals surface area (Å²) < 4.78 is 4.50. The topological polar surface area (TPSA) is 60.8 Å². The van der Waals surface area contributed by atoms with E-state index in [9.17, 15) is 4.79 Å². The average molecular weight is 222 g/mol. The largest absolute Gasteiger partial charge is 0.469 e. The number of oxime groups is 1. The van der Waals surface area contributed by atoms with Gasteiger partial charge in [0.05, 0.1) is 25.4 Å². The zero-order valence-corrected chi connectivity index (χ0v) is 9.29. The van der Waals surface area contributed by atoms with Gasteiger partial charge in [0.2, 0.25) is 0 Å². The number of aromatic nitrogens is 1. The molecular formula is C11H14N2O3. The maximum absolute atomic E-state index is 10.9. The third kappa shape index (κ3) is 4.54. The minimum atomic E-state index is -0.319. The van der Waals surface area contributed by atoms with Crippen LogP contribution in [-0.2, 0) is 14.4 Å². The molecule has 0 aromatic carbocycles. The highest BCUT2D eigenvalue weighted by Crippen LogP contribution is 1.99. The van der Waals surface area contributed by atoms with Gasteiger partial charge in [-0.15, -0.1) is 0 Å². The van der Waals surface area contributed by atoms with Crippen LogP contribution in [0.15, 0.2) is 29.6 Å². The smallest absolute Gasteiger partial charge is 0.309 e. The maximum Gasteiger partial charge on any atom is 0.309 e. The summed E-state index contributed by atoms with van der Waals surface area (Å²) in [5.41, 5.74) is 0.702. The van der Waals surface area contributed by atoms with Gasteiger partial charge in [0.15, 0.2) is 0 Å². The van der Waals surface area contributed by atoms with Crippen molar-refractivity contribution in [3.8, 4) is 0 Å². The zero-order chi connectivity index (χ0) is 11.8. The number of carbonyl (C=O) groups is 1. The van der Waals surface area contributed by atoms with Crippen LogP contribution in [0.5, 0.6) is 0 Å². The predicted molar refractivity (Wildman–Crippen MR) is 59.0 cm³/mol. The molecule has 1 aromatic heterocycles. The van der Waals surface area contributed by atoms with E-state index >= 15 is 0 Å². The zero-order valence-electron chi connectivity index (χ0n) is 9.29. The first-order valence-electron chi connectivity index (χ1n) is 4.89. The van der Waals surface area contributed by atoms with Crippen molar-refractivity contribution in [2.45, 2.75) is 19.4 Å². The number of ether oxygens (including phenoxy) is 1. The van der Waals surface area contributed by atoms with Crippen LogP contribution in [0.25, 0.3) is 0 Å². The summed E-state index contributed by atoms with van der Waals surface area (Å²) in [5.74, 6) is -0.319. The number of esters is 1. The van der Waals surface area contributed by atoms with Gasteiger partial charge < -0.3 is 9.57 Å². The number of hydrogen-bond donors (Lipinski definition) is 0. The highest BCUT2D eigenvalue weighted by atomic mass is 16.6. The Morgan fingerprint density at radius 1 is 1.62 bits per heavy atom. The Morgan fingerprint density at radius 2 is 2.44 bits per heavy atom. The summed E-state index contributed by atoms with van der Waals surface area (Å²) in [4.78, 5) is 20.0. The first kappa shape index (κ1) is 12.2. The predicted octanol–water partition coefficient (Wildman–Crippen LogP) is 1.38. The van der Waals surface area contributed by atoms with Crippen LogP contribution < -0.4 is 0 Å². The Kier molecular flexibility index (Phi) is 4.98. The number of methoxy groups -OCH3 is 1. The molecule has 1 aromatic rings. The van der Waals surface area contributed by atoms with Crippen molar-refractivity contribution in [3.63, 3.8) is 0 Å². The lowest BCUT2D eigenvalue weighted by molar-refractivity contribution is -0.143. The van der Waals surface area contributed by atoms with Gasteiger partial charge in [0, 0.05) is 6.20 Å². The fourth-order valence-corrected chi connectivity index (χ4v) is 0.996. The van der Waals surface area contributed by atoms with Crippen molar-refractivity contribution >= 4 is 12.2 Å². The first-order valence-corrected chi connectivity index (χ1v) is 4.89. The number of rotatable bonds is 5. The lowest BCUT2D eigenvalue weighted by Crippen LogP contribution is -2.13. The standard InChI is InChI=1S/C11H14N2O3/c1-9(7-11(14)15-2)16-13-8-10-5-3-4-6-12-10/h3-6,8-9H,7H2,1-2H3/b13-8+. The van der Waals surface area contributed by atoms with Gasteiger partial charge in [-0.1, -0.05) is 11.2 Å². The summed E-state index contributed by atoms with van der Waals surface area (Å²) in [6.45, 7) is 1.74. The van der Waals surface area contributed by atoms with Crippen molar-refractivity contribution < 1.29 is 14.4 Å². The van der Waals surface area contributed by atoms with Gasteiger partial charge >= 0.3 is 5.97 Å². The Hall–Kier alpha value is -1.91. The van der Waals surface area contributed by atoms with E-state index in [1.54, 1.807) is 19.2 Å². The van der Waals surface area contributed by atoms with Crippen LogP contribution in [0.4, 0.5) is 0 Å². The van der Waals surface area contributed by atoms with E-state index in [-0.39, 0.29) is 18.5 Å². The maximum atomic E-state index is 10.9. The van der Waals surface area contributed by atoms with Gasteiger partial charge in [-0.3, -0.25) is 9.78 Å². The molecule has 0 amide bonds. The van der Waals surface area contributed by atoms with Crippen molar-refractivity contribution in [2.75, 3.05) is 7.11 Å². The van der Waals surface area contributed by atoms with Gasteiger partial charge in [0.25, 0.3) is 0 Å². The van der Waals surface area contributed by atoms with Gasteiger partial charge in [-0.2, -0.15) is 0 Å². The third-order valence-electron chi connectivity index (χ3n) is 1.80. The second-order valence-electron chi connectivity index (χ2n) is 3.19. The molecule has 0 radical (unpaired) electrons. The van der Waals surface area contributed by atoms with Crippen LogP contribution in [0.1, 0.15) is 19.0 Å². The Morgan fingerprint density at radius 3 is 3.06 bits per heavy atom. The molecule has 1 rings (SSSR count). The Balaban J connectivity index is 2.34. The first-order chi connectivity index (χ1) is 7.72. The van der Waals surface area contributed by atoms with E-state index in [1.807, 2.05) is 12.1 Å². The Bertz CT molecular complexity index is 352. The highest BCUT2D eigenvalue weighted by molar-refractivity contribution is 5.76. The fourth-order valence-electron chi connectivity index (χ4n) is 0.996. The fraction of sp³-hybridized carbons (Fsp3) is 0.364. The molecule has 0 aliphatic rings. The van der Waals surface area contributed by atoms with Gasteiger partial charge in [-0.25, -0.2) is 0 Å². The SMILES string of the molecule is COC(=O)CC(C)O/N=C/c1ccccn1. The minimum absolute atomic E-state index is 0.177. The van der Waals surface area contributed by atoms with Gasteiger partial charge in [0.1, 0.15) is 6.10 Å². The van der Waals surface area contributed by atoms with E-state index in [2.05, 4.69) is 14.9 Å². The molecule has 0 aliphatic carbocycles. The van der Waals surface area contributed by atoms with Crippen LogP contribution in [0, 0.1) is 0 Å². The number of hydrogen-bond acceptors (Lipinski definition) is 5. The molecule has 0 fully saturated rings. The molecule has 0 aliphatic heterocycles. The summed E-state index contributed by atoms with van der Waals surface area (Å²) in [6, 6.07) is 5.47. The number of nitrogens with zero attached hydrogens (tertiary/aromatic N) is 2. The lowest BCUT2D eigenvalue weighted by Gasteiger charge is -2.06. The summed E-state index contributed by atoms with van der Waals surface area (Å²) in [6.07, 6.45) is 3.02. The van der Waals surface area contributed by atoms with E-state index < -0.39 is 0 Å². The van der Waals surface area contributed by atoms with Crippen LogP contribution in [0.3, 0.4) is 0 Å². The van der Waals surface area contributed by atoms with Crippen molar-refractivity contribution in [1.82, 2.24) is 4.98 Å². The molecule has 5 nitrogen and oxygen atoms in total. The normalized spacial score (nSPS) is 12.4. The van der Waals surface area contributed by atoms with Crippen molar-refractivity contribution in [2.24, 2.45) is 5.16 Å². The van der Waals surface area contributed by atoms with Crippen molar-refractivity contribution in [1.29, 1.82) is 0 Å². The van der Waals surface area contributed by atoms with Crippen molar-refractivity contribution in [3.05, 3.63) is 30.1 Å². The van der Waals surface area contributed by atoms with E-state index in [0.717, 1.165) is 0 Å². The molecule has 1 atom stereocenters. The molecule has 0 spiro atoms.